The van der Waals surface area contributed by atoms with Crippen molar-refractivity contribution in [2.45, 2.75) is 0 Å². The maximum atomic E-state index is 5.96. The summed E-state index contributed by atoms with van der Waals surface area (Å²) in [5.74, 6) is 0.835. The van der Waals surface area contributed by atoms with Crippen LogP contribution in [0.5, 0.6) is 5.75 Å². The molecule has 3 nitrogen and oxygen atoms in total. The summed E-state index contributed by atoms with van der Waals surface area (Å²) in [5.41, 5.74) is 6.33. The number of nitrogens with zero attached hydrogens (tertiary/aromatic N) is 1. The molecule has 0 fully saturated rings. The predicted octanol–water partition coefficient (Wildman–Crippen LogP) is 6.07. The van der Waals surface area contributed by atoms with Gasteiger partial charge < -0.3 is 4.74 Å². The minimum atomic E-state index is 0.744. The van der Waals surface area contributed by atoms with Crippen LogP contribution in [0, 0.1) is 0 Å². The summed E-state index contributed by atoms with van der Waals surface area (Å²) in [4.78, 5) is 0. The highest BCUT2D eigenvalue weighted by atomic mass is 35.5. The van der Waals surface area contributed by atoms with E-state index in [1.165, 1.54) is 0 Å². The van der Waals surface area contributed by atoms with Crippen LogP contribution in [0.3, 0.4) is 0 Å². The van der Waals surface area contributed by atoms with Crippen molar-refractivity contribution in [3.63, 3.8) is 0 Å². The molecule has 4 aromatic rings. The number of rotatable bonds is 4. The fraction of sp³-hybridized carbons (Fsp3) is 0.0455. The second-order valence-electron chi connectivity index (χ2n) is 5.98. The van der Waals surface area contributed by atoms with Crippen LogP contribution in [-0.4, -0.2) is 17.3 Å². The zero-order valence-electron chi connectivity index (χ0n) is 14.2. The van der Waals surface area contributed by atoms with Gasteiger partial charge in [-0.15, -0.1) is 0 Å². The molecule has 26 heavy (non-hydrogen) atoms. The van der Waals surface area contributed by atoms with E-state index in [1.54, 1.807) is 7.11 Å². The van der Waals surface area contributed by atoms with Crippen molar-refractivity contribution in [2.75, 3.05) is 7.11 Å². The molecular formula is C22H17ClN2O. The lowest BCUT2D eigenvalue weighted by molar-refractivity contribution is 0.415. The third kappa shape index (κ3) is 3.35. The van der Waals surface area contributed by atoms with E-state index in [4.69, 9.17) is 16.3 Å². The number of aromatic amines is 1. The molecule has 0 aliphatic heterocycles. The standard InChI is InChI=1S/C22H17ClN2O/c1-26-20-12-8-18(9-13-20)22-14-21(24-25-22)17-4-2-15(3-5-17)16-6-10-19(23)11-7-16/h2-14H,1H3,(H,24,25). The quantitative estimate of drug-likeness (QED) is 0.479. The molecule has 0 saturated heterocycles. The maximum Gasteiger partial charge on any atom is 0.118 e. The van der Waals surface area contributed by atoms with Gasteiger partial charge in [-0.2, -0.15) is 5.10 Å². The van der Waals surface area contributed by atoms with E-state index in [2.05, 4.69) is 40.5 Å². The summed E-state index contributed by atoms with van der Waals surface area (Å²) < 4.78 is 5.20. The van der Waals surface area contributed by atoms with Crippen molar-refractivity contribution in [1.82, 2.24) is 10.2 Å². The molecule has 0 aliphatic carbocycles. The molecule has 4 heteroatoms. The number of halogens is 1. The fourth-order valence-electron chi connectivity index (χ4n) is 2.86. The SMILES string of the molecule is COc1ccc(-c2cc(-c3ccc(-c4ccc(Cl)cc4)cc3)[nH]n2)cc1. The van der Waals surface area contributed by atoms with Gasteiger partial charge >= 0.3 is 0 Å². The zero-order chi connectivity index (χ0) is 17.9. The molecule has 1 N–H and O–H groups in total. The van der Waals surface area contributed by atoms with Crippen molar-refractivity contribution in [1.29, 1.82) is 0 Å². The molecule has 0 aliphatic rings. The highest BCUT2D eigenvalue weighted by molar-refractivity contribution is 6.30. The number of hydrogen-bond donors (Lipinski definition) is 1. The van der Waals surface area contributed by atoms with E-state index in [-0.39, 0.29) is 0 Å². The van der Waals surface area contributed by atoms with Gasteiger partial charge in [0.2, 0.25) is 0 Å². The second kappa shape index (κ2) is 7.06. The van der Waals surface area contributed by atoms with Gasteiger partial charge in [0.25, 0.3) is 0 Å². The third-order valence-corrected chi connectivity index (χ3v) is 4.59. The van der Waals surface area contributed by atoms with Crippen LogP contribution in [0.25, 0.3) is 33.6 Å². The van der Waals surface area contributed by atoms with Crippen LogP contribution in [0.4, 0.5) is 0 Å². The summed E-state index contributed by atoms with van der Waals surface area (Å²) >= 11 is 5.96. The maximum absolute atomic E-state index is 5.96. The lowest BCUT2D eigenvalue weighted by atomic mass is 10.0. The summed E-state index contributed by atoms with van der Waals surface area (Å²) in [7, 11) is 1.66. The molecule has 4 rings (SSSR count). The lowest BCUT2D eigenvalue weighted by Crippen LogP contribution is -1.82. The number of H-pyrrole nitrogens is 1. The van der Waals surface area contributed by atoms with E-state index in [9.17, 15) is 0 Å². The van der Waals surface area contributed by atoms with E-state index >= 15 is 0 Å². The van der Waals surface area contributed by atoms with Crippen LogP contribution in [0.2, 0.25) is 5.02 Å². The smallest absolute Gasteiger partial charge is 0.118 e. The molecule has 0 spiro atoms. The molecule has 0 atom stereocenters. The Labute approximate surface area is 157 Å². The topological polar surface area (TPSA) is 37.9 Å². The van der Waals surface area contributed by atoms with Crippen molar-refractivity contribution in [3.8, 4) is 39.4 Å². The minimum absolute atomic E-state index is 0.744. The third-order valence-electron chi connectivity index (χ3n) is 4.34. The van der Waals surface area contributed by atoms with Gasteiger partial charge in [0.15, 0.2) is 0 Å². The van der Waals surface area contributed by atoms with Crippen LogP contribution < -0.4 is 4.74 Å². The predicted molar refractivity (Wildman–Crippen MR) is 106 cm³/mol. The highest BCUT2D eigenvalue weighted by Crippen LogP contribution is 2.28. The van der Waals surface area contributed by atoms with Gasteiger partial charge in [-0.3, -0.25) is 5.10 Å². The Hall–Kier alpha value is -3.04. The fourth-order valence-corrected chi connectivity index (χ4v) is 2.99. The number of hydrogen-bond acceptors (Lipinski definition) is 2. The largest absolute Gasteiger partial charge is 0.497 e. The first-order valence-electron chi connectivity index (χ1n) is 8.29. The number of nitrogens with one attached hydrogen (secondary N) is 1. The summed E-state index contributed by atoms with van der Waals surface area (Å²) in [6.45, 7) is 0. The normalized spacial score (nSPS) is 10.7. The Morgan fingerprint density at radius 1 is 0.731 bits per heavy atom. The summed E-state index contributed by atoms with van der Waals surface area (Å²) in [6, 6.07) is 26.2. The monoisotopic (exact) mass is 360 g/mol. The Balaban J connectivity index is 1.58. The molecule has 0 radical (unpaired) electrons. The number of benzene rings is 3. The van der Waals surface area contributed by atoms with Gasteiger partial charge in [0.05, 0.1) is 18.5 Å². The molecule has 3 aromatic carbocycles. The van der Waals surface area contributed by atoms with Crippen LogP contribution >= 0.6 is 11.6 Å². The second-order valence-corrected chi connectivity index (χ2v) is 6.42. The molecule has 1 heterocycles. The van der Waals surface area contributed by atoms with Gasteiger partial charge in [-0.25, -0.2) is 0 Å². The van der Waals surface area contributed by atoms with E-state index in [0.717, 1.165) is 44.4 Å². The van der Waals surface area contributed by atoms with Crippen molar-refractivity contribution < 1.29 is 4.74 Å². The Bertz CT molecular complexity index is 1000. The highest BCUT2D eigenvalue weighted by Gasteiger charge is 2.07. The van der Waals surface area contributed by atoms with E-state index in [0.29, 0.717) is 0 Å². The van der Waals surface area contributed by atoms with Gasteiger partial charge in [0, 0.05) is 10.6 Å². The molecule has 1 aromatic heterocycles. The van der Waals surface area contributed by atoms with Gasteiger partial charge in [-0.05, 0) is 59.2 Å². The van der Waals surface area contributed by atoms with E-state index in [1.807, 2.05) is 48.5 Å². The van der Waals surface area contributed by atoms with Gasteiger partial charge in [0.1, 0.15) is 5.75 Å². The minimum Gasteiger partial charge on any atom is -0.497 e. The molecule has 0 amide bonds. The van der Waals surface area contributed by atoms with Crippen molar-refractivity contribution in [2.24, 2.45) is 0 Å². The number of methoxy groups -OCH3 is 1. The Kier molecular flexibility index (Phi) is 4.46. The summed E-state index contributed by atoms with van der Waals surface area (Å²) in [6.07, 6.45) is 0. The van der Waals surface area contributed by atoms with Gasteiger partial charge in [-0.1, -0.05) is 48.0 Å². The van der Waals surface area contributed by atoms with E-state index < -0.39 is 0 Å². The van der Waals surface area contributed by atoms with Crippen LogP contribution in [0.15, 0.2) is 78.9 Å². The lowest BCUT2D eigenvalue weighted by Gasteiger charge is -2.03. The first kappa shape index (κ1) is 16.4. The zero-order valence-corrected chi connectivity index (χ0v) is 15.0. The molecular weight excluding hydrogens is 344 g/mol. The first-order valence-corrected chi connectivity index (χ1v) is 8.67. The van der Waals surface area contributed by atoms with Crippen LogP contribution in [-0.2, 0) is 0 Å². The van der Waals surface area contributed by atoms with Crippen LogP contribution in [0.1, 0.15) is 0 Å². The number of aromatic nitrogens is 2. The molecule has 128 valence electrons. The first-order chi connectivity index (χ1) is 12.7. The number of ether oxygens (including phenoxy) is 1. The van der Waals surface area contributed by atoms with Crippen molar-refractivity contribution in [3.05, 3.63) is 83.9 Å². The average molecular weight is 361 g/mol. The Morgan fingerprint density at radius 2 is 1.27 bits per heavy atom. The summed E-state index contributed by atoms with van der Waals surface area (Å²) in [5, 5.41) is 8.29. The molecule has 0 saturated carbocycles. The molecule has 0 unspecified atom stereocenters. The molecule has 0 bridgehead atoms. The van der Waals surface area contributed by atoms with Crippen molar-refractivity contribution >= 4 is 11.6 Å². The average Bonchev–Trinajstić information content (AvgIpc) is 3.19. The Morgan fingerprint density at radius 3 is 1.88 bits per heavy atom.